The number of oxime groups is 1. The molecule has 0 saturated carbocycles. The fraction of sp³-hybridized carbons (Fsp3) is 0.333. The molecule has 2 N–H and O–H groups in total. The fourth-order valence-electron chi connectivity index (χ4n) is 4.24. The number of furan rings is 1. The summed E-state index contributed by atoms with van der Waals surface area (Å²) < 4.78 is 5.96. The van der Waals surface area contributed by atoms with Crippen LogP contribution in [0.1, 0.15) is 48.1 Å². The molecule has 0 fully saturated rings. The largest absolute Gasteiger partial charge is 0.481 e. The topological polar surface area (TPSA) is 83.0 Å². The predicted octanol–water partition coefficient (Wildman–Crippen LogP) is 5.21. The van der Waals surface area contributed by atoms with E-state index in [4.69, 9.17) is 4.42 Å². The average molecular weight is 391 g/mol. The molecule has 0 saturated heterocycles. The molecule has 0 bridgehead atoms. The van der Waals surface area contributed by atoms with E-state index < -0.39 is 11.9 Å². The van der Waals surface area contributed by atoms with Gasteiger partial charge in [-0.1, -0.05) is 47.6 Å². The molecule has 0 aliphatic heterocycles. The Morgan fingerprint density at radius 2 is 1.97 bits per heavy atom. The summed E-state index contributed by atoms with van der Waals surface area (Å²) in [7, 11) is 0. The second-order valence-corrected chi connectivity index (χ2v) is 7.73. The molecule has 1 aliphatic carbocycles. The van der Waals surface area contributed by atoms with Crippen LogP contribution in [0.2, 0.25) is 0 Å². The molecule has 150 valence electrons. The Bertz CT molecular complexity index is 1040. The number of aliphatic carboxylic acids is 1. The smallest absolute Gasteiger partial charge is 0.306 e. The lowest BCUT2D eigenvalue weighted by Crippen LogP contribution is -2.19. The van der Waals surface area contributed by atoms with Crippen LogP contribution in [0.3, 0.4) is 0 Å². The van der Waals surface area contributed by atoms with Gasteiger partial charge in [-0.25, -0.2) is 0 Å². The van der Waals surface area contributed by atoms with Crippen molar-refractivity contribution in [3.63, 3.8) is 0 Å². The van der Waals surface area contributed by atoms with Gasteiger partial charge in [-0.15, -0.1) is 0 Å². The number of nitrogens with zero attached hydrogens (tertiary/aromatic N) is 1. The third kappa shape index (κ3) is 4.19. The van der Waals surface area contributed by atoms with E-state index in [0.29, 0.717) is 17.7 Å². The lowest BCUT2D eigenvalue weighted by Gasteiger charge is -2.13. The third-order valence-corrected chi connectivity index (χ3v) is 5.81. The number of carboxylic acid groups (broad SMARTS) is 1. The van der Waals surface area contributed by atoms with Crippen molar-refractivity contribution in [3.8, 4) is 0 Å². The minimum absolute atomic E-state index is 0.187. The van der Waals surface area contributed by atoms with Crippen LogP contribution < -0.4 is 0 Å². The zero-order chi connectivity index (χ0) is 20.2. The highest BCUT2D eigenvalue weighted by Crippen LogP contribution is 2.33. The van der Waals surface area contributed by atoms with Gasteiger partial charge in [-0.05, 0) is 43.7 Å². The molecule has 0 unspecified atom stereocenters. The first-order valence-electron chi connectivity index (χ1n) is 10.2. The number of fused-ring (bicyclic) bond motifs is 3. The van der Waals surface area contributed by atoms with E-state index in [9.17, 15) is 15.1 Å². The van der Waals surface area contributed by atoms with Crippen LogP contribution in [-0.4, -0.2) is 22.0 Å². The van der Waals surface area contributed by atoms with Crippen LogP contribution in [0.4, 0.5) is 0 Å². The normalized spacial score (nSPS) is 14.8. The zero-order valence-electron chi connectivity index (χ0n) is 16.3. The summed E-state index contributed by atoms with van der Waals surface area (Å²) >= 11 is 0. The maximum atomic E-state index is 11.8. The van der Waals surface area contributed by atoms with Crippen molar-refractivity contribution in [2.24, 2.45) is 11.1 Å². The summed E-state index contributed by atoms with van der Waals surface area (Å²) in [6.07, 6.45) is 5.43. The third-order valence-electron chi connectivity index (χ3n) is 5.81. The number of rotatable bonds is 8. The van der Waals surface area contributed by atoms with Crippen LogP contribution in [0.5, 0.6) is 0 Å². The molecule has 3 aromatic rings. The molecule has 5 nitrogen and oxygen atoms in total. The molecule has 1 aliphatic rings. The number of hydrogen-bond acceptors (Lipinski definition) is 4. The molecule has 1 heterocycles. The summed E-state index contributed by atoms with van der Waals surface area (Å²) in [5, 5.41) is 23.8. The molecule has 0 amide bonds. The summed E-state index contributed by atoms with van der Waals surface area (Å²) in [6, 6.07) is 15.8. The van der Waals surface area contributed by atoms with Crippen molar-refractivity contribution in [1.29, 1.82) is 0 Å². The van der Waals surface area contributed by atoms with Gasteiger partial charge in [-0.3, -0.25) is 4.79 Å². The highest BCUT2D eigenvalue weighted by molar-refractivity contribution is 6.04. The zero-order valence-corrected chi connectivity index (χ0v) is 16.3. The molecule has 5 heteroatoms. The van der Waals surface area contributed by atoms with E-state index in [-0.39, 0.29) is 6.42 Å². The predicted molar refractivity (Wildman–Crippen MR) is 112 cm³/mol. The second-order valence-electron chi connectivity index (χ2n) is 7.73. The van der Waals surface area contributed by atoms with Crippen molar-refractivity contribution >= 4 is 22.7 Å². The van der Waals surface area contributed by atoms with E-state index in [0.717, 1.165) is 48.8 Å². The van der Waals surface area contributed by atoms with Crippen LogP contribution >= 0.6 is 0 Å². The van der Waals surface area contributed by atoms with Gasteiger partial charge >= 0.3 is 5.97 Å². The summed E-state index contributed by atoms with van der Waals surface area (Å²) in [5.74, 6) is -0.414. The van der Waals surface area contributed by atoms with Crippen LogP contribution in [0.15, 0.2) is 58.1 Å². The van der Waals surface area contributed by atoms with E-state index in [2.05, 4.69) is 5.16 Å². The Kier molecular flexibility index (Phi) is 5.65. The Morgan fingerprint density at radius 1 is 1.14 bits per heavy atom. The van der Waals surface area contributed by atoms with Crippen molar-refractivity contribution in [1.82, 2.24) is 0 Å². The first kappa shape index (κ1) is 19.2. The SMILES string of the molecule is O=C(O)[C@@H](CCCc1ccccc1)CC(=NO)c1ccc2c3c(oc2c1)CCC3. The molecule has 4 rings (SSSR count). The van der Waals surface area contributed by atoms with Gasteiger partial charge in [0.1, 0.15) is 11.3 Å². The number of carboxylic acids is 1. The van der Waals surface area contributed by atoms with Gasteiger partial charge in [0.25, 0.3) is 0 Å². The summed E-state index contributed by atoms with van der Waals surface area (Å²) in [6.45, 7) is 0. The Hall–Kier alpha value is -3.08. The van der Waals surface area contributed by atoms with E-state index in [1.807, 2.05) is 48.5 Å². The van der Waals surface area contributed by atoms with Crippen LogP contribution in [0, 0.1) is 5.92 Å². The molecule has 29 heavy (non-hydrogen) atoms. The van der Waals surface area contributed by atoms with Crippen molar-refractivity contribution in [2.45, 2.75) is 44.9 Å². The quantitative estimate of drug-likeness (QED) is 0.313. The number of hydrogen-bond donors (Lipinski definition) is 2. The van der Waals surface area contributed by atoms with Crippen molar-refractivity contribution in [3.05, 3.63) is 71.0 Å². The molecule has 0 spiro atoms. The van der Waals surface area contributed by atoms with E-state index >= 15 is 0 Å². The summed E-state index contributed by atoms with van der Waals surface area (Å²) in [4.78, 5) is 11.8. The first-order valence-corrected chi connectivity index (χ1v) is 10.2. The summed E-state index contributed by atoms with van der Waals surface area (Å²) in [5.41, 5.74) is 4.35. The van der Waals surface area contributed by atoms with Crippen LogP contribution in [-0.2, 0) is 24.1 Å². The minimum atomic E-state index is -0.864. The monoisotopic (exact) mass is 391 g/mol. The van der Waals surface area contributed by atoms with E-state index in [1.54, 1.807) is 0 Å². The Balaban J connectivity index is 1.46. The molecular formula is C24H25NO4. The first-order chi connectivity index (χ1) is 14.2. The van der Waals surface area contributed by atoms with Gasteiger partial charge in [-0.2, -0.15) is 0 Å². The van der Waals surface area contributed by atoms with Crippen LogP contribution in [0.25, 0.3) is 11.0 Å². The Labute approximate surface area is 169 Å². The van der Waals surface area contributed by atoms with Crippen molar-refractivity contribution < 1.29 is 19.5 Å². The Morgan fingerprint density at radius 3 is 2.72 bits per heavy atom. The molecule has 0 radical (unpaired) electrons. The van der Waals surface area contributed by atoms with Gasteiger partial charge < -0.3 is 14.7 Å². The van der Waals surface area contributed by atoms with Gasteiger partial charge in [0.2, 0.25) is 0 Å². The maximum Gasteiger partial charge on any atom is 0.306 e. The molecule has 2 aromatic carbocycles. The standard InChI is InChI=1S/C24H25NO4/c26-24(27)18(9-4-8-16-6-2-1-3-7-16)14-21(25-28)17-12-13-20-19-10-5-11-22(19)29-23(20)15-17/h1-3,6-7,12-13,15,18,28H,4-5,8-11,14H2,(H,26,27)/t18-/m0/s1. The van der Waals surface area contributed by atoms with Crippen molar-refractivity contribution in [2.75, 3.05) is 0 Å². The van der Waals surface area contributed by atoms with Gasteiger partial charge in [0.05, 0.1) is 11.6 Å². The fourth-order valence-corrected chi connectivity index (χ4v) is 4.24. The highest BCUT2D eigenvalue weighted by Gasteiger charge is 2.23. The van der Waals surface area contributed by atoms with Gasteiger partial charge in [0.15, 0.2) is 0 Å². The second kappa shape index (κ2) is 8.52. The average Bonchev–Trinajstić information content (AvgIpc) is 3.32. The lowest BCUT2D eigenvalue weighted by molar-refractivity contribution is -0.141. The molecule has 1 aromatic heterocycles. The minimum Gasteiger partial charge on any atom is -0.481 e. The van der Waals surface area contributed by atoms with E-state index in [1.165, 1.54) is 11.1 Å². The number of aryl methyl sites for hydroxylation is 3. The number of benzene rings is 2. The van der Waals surface area contributed by atoms with Gasteiger partial charge in [0, 0.05) is 29.4 Å². The maximum absolute atomic E-state index is 11.8. The lowest BCUT2D eigenvalue weighted by atomic mass is 9.92. The molecule has 1 atom stereocenters. The number of carbonyl (C=O) groups is 1. The molecular weight excluding hydrogens is 366 g/mol. The highest BCUT2D eigenvalue weighted by atomic mass is 16.4.